The molecule has 290 valence electrons. The van der Waals surface area contributed by atoms with Crippen LogP contribution in [0.2, 0.25) is 0 Å². The Balaban J connectivity index is 2.24. The predicted octanol–water partition coefficient (Wildman–Crippen LogP) is 13.3. The van der Waals surface area contributed by atoms with Crippen LogP contribution in [0.1, 0.15) is 233 Å². The van der Waals surface area contributed by atoms with Crippen molar-refractivity contribution in [1.29, 1.82) is 0 Å². The summed E-state index contributed by atoms with van der Waals surface area (Å²) in [5, 5.41) is 0. The number of esters is 2. The molecule has 0 spiro atoms. The van der Waals surface area contributed by atoms with Crippen molar-refractivity contribution in [2.24, 2.45) is 5.92 Å². The molecule has 1 heterocycles. The topological polar surface area (TPSA) is 55.8 Å². The maximum absolute atomic E-state index is 12.8. The molecule has 0 amide bonds. The van der Waals surface area contributed by atoms with Crippen LogP contribution in [-0.4, -0.2) is 48.7 Å². The van der Waals surface area contributed by atoms with E-state index < -0.39 is 0 Å². The van der Waals surface area contributed by atoms with Gasteiger partial charge in [-0.1, -0.05) is 156 Å². The summed E-state index contributed by atoms with van der Waals surface area (Å²) in [6.45, 7) is 12.0. The number of rotatable bonds is 36. The van der Waals surface area contributed by atoms with Crippen molar-refractivity contribution in [3.8, 4) is 0 Å². The van der Waals surface area contributed by atoms with Crippen molar-refractivity contribution < 1.29 is 19.1 Å². The fourth-order valence-corrected chi connectivity index (χ4v) is 7.92. The summed E-state index contributed by atoms with van der Waals surface area (Å²) in [6, 6.07) is 0.684. The third kappa shape index (κ3) is 26.4. The van der Waals surface area contributed by atoms with Crippen LogP contribution in [0.3, 0.4) is 0 Å². The van der Waals surface area contributed by atoms with Gasteiger partial charge in [-0.3, -0.25) is 9.59 Å². The van der Waals surface area contributed by atoms with Crippen LogP contribution in [0.4, 0.5) is 0 Å². The van der Waals surface area contributed by atoms with E-state index in [1.807, 2.05) is 0 Å². The molecule has 2 atom stereocenters. The van der Waals surface area contributed by atoms with Gasteiger partial charge in [-0.2, -0.15) is 0 Å². The van der Waals surface area contributed by atoms with E-state index >= 15 is 0 Å². The van der Waals surface area contributed by atoms with Crippen molar-refractivity contribution in [1.82, 2.24) is 4.90 Å². The van der Waals surface area contributed by atoms with E-state index in [2.05, 4.69) is 32.6 Å². The molecule has 49 heavy (non-hydrogen) atoms. The molecule has 1 saturated heterocycles. The maximum Gasteiger partial charge on any atom is 0.306 e. The lowest BCUT2D eigenvalue weighted by molar-refractivity contribution is -0.150. The van der Waals surface area contributed by atoms with Crippen molar-refractivity contribution in [2.75, 3.05) is 19.7 Å². The smallest absolute Gasteiger partial charge is 0.306 e. The standard InChI is InChI=1S/C44H85NO4/c1-5-9-12-15-18-21-30-39-48-43(46)35-28-23-27-34-42-40(37-38-45(42)8-4)31-24-22-29-36-44(47)49-41(32-25-19-16-13-10-6-2)33-26-20-17-14-11-7-3/h40-42H,5-39H2,1-4H3. The molecular formula is C44H85NO4. The van der Waals surface area contributed by atoms with Gasteiger partial charge in [0, 0.05) is 18.9 Å². The van der Waals surface area contributed by atoms with E-state index in [0.717, 1.165) is 57.4 Å². The first-order valence-electron chi connectivity index (χ1n) is 22.1. The lowest BCUT2D eigenvalue weighted by Gasteiger charge is -2.27. The minimum Gasteiger partial charge on any atom is -0.466 e. The highest BCUT2D eigenvalue weighted by molar-refractivity contribution is 5.69. The second-order valence-electron chi connectivity index (χ2n) is 15.5. The van der Waals surface area contributed by atoms with Gasteiger partial charge in [0.05, 0.1) is 6.61 Å². The Labute approximate surface area is 306 Å². The average Bonchev–Trinajstić information content (AvgIpc) is 3.49. The molecule has 0 aliphatic carbocycles. The molecule has 1 fully saturated rings. The van der Waals surface area contributed by atoms with E-state index in [1.54, 1.807) is 0 Å². The Hall–Kier alpha value is -1.10. The fraction of sp³-hybridized carbons (Fsp3) is 0.955. The lowest BCUT2D eigenvalue weighted by atomic mass is 9.90. The van der Waals surface area contributed by atoms with Gasteiger partial charge < -0.3 is 14.4 Å². The highest BCUT2D eigenvalue weighted by atomic mass is 16.5. The minimum atomic E-state index is -0.00470. The molecule has 0 aromatic rings. The fourth-order valence-electron chi connectivity index (χ4n) is 7.92. The van der Waals surface area contributed by atoms with Crippen molar-refractivity contribution in [2.45, 2.75) is 245 Å². The molecule has 0 aromatic heterocycles. The van der Waals surface area contributed by atoms with Gasteiger partial charge in [-0.25, -0.2) is 0 Å². The highest BCUT2D eigenvalue weighted by Crippen LogP contribution is 2.32. The van der Waals surface area contributed by atoms with Crippen LogP contribution in [-0.2, 0) is 19.1 Å². The Morgan fingerprint density at radius 3 is 1.57 bits per heavy atom. The molecule has 5 nitrogen and oxygen atoms in total. The second-order valence-corrected chi connectivity index (χ2v) is 15.5. The molecule has 0 aromatic carbocycles. The molecule has 0 radical (unpaired) electrons. The minimum absolute atomic E-state index is 0.00470. The first kappa shape index (κ1) is 45.9. The van der Waals surface area contributed by atoms with Crippen LogP contribution in [0, 0.1) is 5.92 Å². The SMILES string of the molecule is CCCCCCCCCOC(=O)CCCCCC1C(CCCCCC(=O)OC(CCCCCCCC)CCCCCCCC)CCN1CC. The van der Waals surface area contributed by atoms with Crippen molar-refractivity contribution >= 4 is 11.9 Å². The van der Waals surface area contributed by atoms with Gasteiger partial charge >= 0.3 is 11.9 Å². The highest BCUT2D eigenvalue weighted by Gasteiger charge is 2.32. The zero-order chi connectivity index (χ0) is 35.6. The molecule has 5 heteroatoms. The number of unbranched alkanes of at least 4 members (excludes halogenated alkanes) is 20. The number of carbonyl (C=O) groups excluding carboxylic acids is 2. The van der Waals surface area contributed by atoms with E-state index in [0.29, 0.717) is 25.5 Å². The average molecular weight is 692 g/mol. The van der Waals surface area contributed by atoms with Crippen LogP contribution in [0.25, 0.3) is 0 Å². The molecule has 0 saturated carbocycles. The van der Waals surface area contributed by atoms with Crippen LogP contribution in [0.5, 0.6) is 0 Å². The Kier molecular flexibility index (Phi) is 31.9. The monoisotopic (exact) mass is 692 g/mol. The summed E-state index contributed by atoms with van der Waals surface area (Å²) in [7, 11) is 0. The summed E-state index contributed by atoms with van der Waals surface area (Å²) in [5.41, 5.74) is 0. The molecule has 1 rings (SSSR count). The Bertz CT molecular complexity index is 726. The number of hydrogen-bond acceptors (Lipinski definition) is 5. The molecule has 1 aliphatic rings. The molecule has 0 bridgehead atoms. The number of ether oxygens (including phenoxy) is 2. The third-order valence-electron chi connectivity index (χ3n) is 11.1. The van der Waals surface area contributed by atoms with Gasteiger partial charge in [0.2, 0.25) is 0 Å². The third-order valence-corrected chi connectivity index (χ3v) is 11.1. The van der Waals surface area contributed by atoms with E-state index in [4.69, 9.17) is 9.47 Å². The first-order chi connectivity index (χ1) is 24.0. The summed E-state index contributed by atoms with van der Waals surface area (Å²) in [6.07, 6.45) is 38.1. The van der Waals surface area contributed by atoms with Gasteiger partial charge in [0.15, 0.2) is 0 Å². The van der Waals surface area contributed by atoms with Crippen LogP contribution < -0.4 is 0 Å². The summed E-state index contributed by atoms with van der Waals surface area (Å²) >= 11 is 0. The predicted molar refractivity (Wildman–Crippen MR) is 210 cm³/mol. The number of carbonyl (C=O) groups is 2. The van der Waals surface area contributed by atoms with Crippen molar-refractivity contribution in [3.63, 3.8) is 0 Å². The number of hydrogen-bond donors (Lipinski definition) is 0. The first-order valence-corrected chi connectivity index (χ1v) is 22.1. The summed E-state index contributed by atoms with van der Waals surface area (Å²) in [5.74, 6) is 0.812. The number of nitrogens with zero attached hydrogens (tertiary/aromatic N) is 1. The van der Waals surface area contributed by atoms with Crippen molar-refractivity contribution in [3.05, 3.63) is 0 Å². The molecule has 1 aliphatic heterocycles. The maximum atomic E-state index is 12.8. The normalized spacial score (nSPS) is 16.5. The van der Waals surface area contributed by atoms with E-state index in [1.165, 1.54) is 154 Å². The van der Waals surface area contributed by atoms with Gasteiger partial charge in [-0.05, 0) is 83.2 Å². The van der Waals surface area contributed by atoms with Crippen LogP contribution in [0.15, 0.2) is 0 Å². The molecule has 0 N–H and O–H groups in total. The van der Waals surface area contributed by atoms with E-state index in [-0.39, 0.29) is 18.0 Å². The lowest BCUT2D eigenvalue weighted by Crippen LogP contribution is -2.32. The summed E-state index contributed by atoms with van der Waals surface area (Å²) < 4.78 is 11.6. The second kappa shape index (κ2) is 34.0. The van der Waals surface area contributed by atoms with Gasteiger partial charge in [0.25, 0.3) is 0 Å². The Morgan fingerprint density at radius 2 is 1.02 bits per heavy atom. The zero-order valence-corrected chi connectivity index (χ0v) is 33.6. The zero-order valence-electron chi connectivity index (χ0n) is 33.6. The largest absolute Gasteiger partial charge is 0.466 e. The quantitative estimate of drug-likeness (QED) is 0.0483. The van der Waals surface area contributed by atoms with E-state index in [9.17, 15) is 9.59 Å². The van der Waals surface area contributed by atoms with Gasteiger partial charge in [0.1, 0.15) is 6.10 Å². The van der Waals surface area contributed by atoms with Gasteiger partial charge in [-0.15, -0.1) is 0 Å². The molecule has 2 unspecified atom stereocenters. The summed E-state index contributed by atoms with van der Waals surface area (Å²) in [4.78, 5) is 27.7. The Morgan fingerprint density at radius 1 is 0.551 bits per heavy atom. The number of likely N-dealkylation sites (tertiary alicyclic amines) is 1. The molecular weight excluding hydrogens is 606 g/mol. The van der Waals surface area contributed by atoms with Crippen LogP contribution >= 0.6 is 0 Å².